The lowest BCUT2D eigenvalue weighted by Gasteiger charge is -2.38. The maximum atomic E-state index is 12.9. The van der Waals surface area contributed by atoms with Crippen LogP contribution in [0.25, 0.3) is 0 Å². The number of carbonyl (C=O) groups is 1. The van der Waals surface area contributed by atoms with Gasteiger partial charge in [0.25, 0.3) is 0 Å². The van der Waals surface area contributed by atoms with Crippen LogP contribution in [0.5, 0.6) is 5.75 Å². The first-order valence-electron chi connectivity index (χ1n) is 9.82. The molecule has 1 saturated heterocycles. The summed E-state index contributed by atoms with van der Waals surface area (Å²) in [5, 5.41) is 10.4. The molecule has 1 aromatic carbocycles. The Morgan fingerprint density at radius 2 is 2.04 bits per heavy atom. The third-order valence-corrected chi connectivity index (χ3v) is 5.44. The zero-order valence-electron chi connectivity index (χ0n) is 16.9. The molecule has 0 bridgehead atoms. The standard InChI is InChI=1S/C21H30N4O3/c1-4-28-18-7-5-17(6-8-18)21(9-11-27-12-10-21)15-23-20(26)19(22-2)16-13-24-25(3)14-16/h5-8,13-14,19,22H,4,9-12,15H2,1-3H3,(H,23,26). The van der Waals surface area contributed by atoms with Crippen LogP contribution in [0.2, 0.25) is 0 Å². The van der Waals surface area contributed by atoms with Crippen molar-refractivity contribution in [1.82, 2.24) is 20.4 Å². The Morgan fingerprint density at radius 3 is 2.61 bits per heavy atom. The quantitative estimate of drug-likeness (QED) is 0.725. The van der Waals surface area contributed by atoms with Crippen LogP contribution < -0.4 is 15.4 Å². The highest BCUT2D eigenvalue weighted by Gasteiger charge is 2.35. The van der Waals surface area contributed by atoms with Gasteiger partial charge in [0.2, 0.25) is 5.91 Å². The van der Waals surface area contributed by atoms with Crippen molar-refractivity contribution < 1.29 is 14.3 Å². The number of aryl methyl sites for hydroxylation is 1. The minimum atomic E-state index is -0.425. The van der Waals surface area contributed by atoms with Crippen LogP contribution in [0.1, 0.15) is 36.9 Å². The lowest BCUT2D eigenvalue weighted by Crippen LogP contribution is -2.47. The Bertz CT molecular complexity index is 766. The number of benzene rings is 1. The second-order valence-corrected chi connectivity index (χ2v) is 7.24. The summed E-state index contributed by atoms with van der Waals surface area (Å²) >= 11 is 0. The molecule has 1 atom stereocenters. The van der Waals surface area contributed by atoms with Gasteiger partial charge in [-0.3, -0.25) is 9.48 Å². The van der Waals surface area contributed by atoms with E-state index in [1.807, 2.05) is 32.3 Å². The van der Waals surface area contributed by atoms with Gasteiger partial charge in [-0.15, -0.1) is 0 Å². The van der Waals surface area contributed by atoms with E-state index in [4.69, 9.17) is 9.47 Å². The number of amides is 1. The molecule has 1 aliphatic rings. The molecule has 2 aromatic rings. The molecule has 2 N–H and O–H groups in total. The lowest BCUT2D eigenvalue weighted by molar-refractivity contribution is -0.123. The van der Waals surface area contributed by atoms with Crippen LogP contribution in [0, 0.1) is 0 Å². The molecule has 0 saturated carbocycles. The monoisotopic (exact) mass is 386 g/mol. The minimum Gasteiger partial charge on any atom is -0.494 e. The number of hydrogen-bond donors (Lipinski definition) is 2. The van der Waals surface area contributed by atoms with Crippen molar-refractivity contribution in [3.63, 3.8) is 0 Å². The fourth-order valence-electron chi connectivity index (χ4n) is 3.80. The average molecular weight is 386 g/mol. The highest BCUT2D eigenvalue weighted by atomic mass is 16.5. The van der Waals surface area contributed by atoms with E-state index in [2.05, 4.69) is 27.9 Å². The summed E-state index contributed by atoms with van der Waals surface area (Å²) in [6.07, 6.45) is 5.32. The summed E-state index contributed by atoms with van der Waals surface area (Å²) in [5.41, 5.74) is 1.93. The second-order valence-electron chi connectivity index (χ2n) is 7.24. The first kappa shape index (κ1) is 20.4. The molecule has 1 amide bonds. The van der Waals surface area contributed by atoms with Crippen molar-refractivity contribution in [3.8, 4) is 5.75 Å². The van der Waals surface area contributed by atoms with E-state index in [1.165, 1.54) is 5.56 Å². The van der Waals surface area contributed by atoms with Gasteiger partial charge in [0, 0.05) is 44.0 Å². The van der Waals surface area contributed by atoms with E-state index < -0.39 is 6.04 Å². The van der Waals surface area contributed by atoms with E-state index in [1.54, 1.807) is 17.9 Å². The van der Waals surface area contributed by atoms with E-state index in [-0.39, 0.29) is 11.3 Å². The lowest BCUT2D eigenvalue weighted by atomic mass is 9.74. The predicted octanol–water partition coefficient (Wildman–Crippen LogP) is 1.94. The van der Waals surface area contributed by atoms with Crippen LogP contribution in [0.4, 0.5) is 0 Å². The fraction of sp³-hybridized carbons (Fsp3) is 0.524. The van der Waals surface area contributed by atoms with Crippen molar-refractivity contribution in [2.75, 3.05) is 33.4 Å². The molecule has 0 spiro atoms. The molecule has 1 aliphatic heterocycles. The number of likely N-dealkylation sites (N-methyl/N-ethyl adjacent to an activating group) is 1. The van der Waals surface area contributed by atoms with Crippen molar-refractivity contribution in [1.29, 1.82) is 0 Å². The summed E-state index contributed by atoms with van der Waals surface area (Å²) in [5.74, 6) is 0.816. The molecular formula is C21H30N4O3. The SMILES string of the molecule is CCOc1ccc(C2(CNC(=O)C(NC)c3cnn(C)c3)CCOCC2)cc1. The van der Waals surface area contributed by atoms with Gasteiger partial charge >= 0.3 is 0 Å². The van der Waals surface area contributed by atoms with Crippen LogP contribution in [0.15, 0.2) is 36.7 Å². The molecule has 7 heteroatoms. The Morgan fingerprint density at radius 1 is 1.32 bits per heavy atom. The summed E-state index contributed by atoms with van der Waals surface area (Å²) in [7, 11) is 3.63. The van der Waals surface area contributed by atoms with Crippen LogP contribution >= 0.6 is 0 Å². The zero-order chi connectivity index (χ0) is 20.0. The largest absolute Gasteiger partial charge is 0.494 e. The molecule has 152 valence electrons. The van der Waals surface area contributed by atoms with E-state index in [0.717, 1.165) is 24.2 Å². The normalized spacial score (nSPS) is 17.1. The van der Waals surface area contributed by atoms with Gasteiger partial charge in [0.15, 0.2) is 0 Å². The van der Waals surface area contributed by atoms with Gasteiger partial charge in [0.05, 0.1) is 12.8 Å². The average Bonchev–Trinajstić information content (AvgIpc) is 3.14. The van der Waals surface area contributed by atoms with Crippen molar-refractivity contribution in [2.45, 2.75) is 31.2 Å². The Balaban J connectivity index is 1.74. The Hall–Kier alpha value is -2.38. The van der Waals surface area contributed by atoms with Crippen molar-refractivity contribution in [3.05, 3.63) is 47.8 Å². The number of nitrogens with zero attached hydrogens (tertiary/aromatic N) is 2. The predicted molar refractivity (Wildman–Crippen MR) is 107 cm³/mol. The van der Waals surface area contributed by atoms with Crippen molar-refractivity contribution >= 4 is 5.91 Å². The smallest absolute Gasteiger partial charge is 0.241 e. The summed E-state index contributed by atoms with van der Waals surface area (Å²) in [6, 6.07) is 7.80. The van der Waals surface area contributed by atoms with Gasteiger partial charge in [-0.1, -0.05) is 12.1 Å². The minimum absolute atomic E-state index is 0.0488. The molecule has 2 heterocycles. The Labute approximate surface area is 166 Å². The second kappa shape index (κ2) is 9.21. The molecule has 28 heavy (non-hydrogen) atoms. The van der Waals surface area contributed by atoms with Crippen molar-refractivity contribution in [2.24, 2.45) is 7.05 Å². The van der Waals surface area contributed by atoms with Gasteiger partial charge < -0.3 is 20.1 Å². The molecule has 7 nitrogen and oxygen atoms in total. The molecule has 1 fully saturated rings. The van der Waals surface area contributed by atoms with E-state index in [0.29, 0.717) is 26.4 Å². The molecule has 1 aromatic heterocycles. The van der Waals surface area contributed by atoms with E-state index >= 15 is 0 Å². The third-order valence-electron chi connectivity index (χ3n) is 5.44. The first-order chi connectivity index (χ1) is 13.6. The van der Waals surface area contributed by atoms with Gasteiger partial charge in [-0.05, 0) is 44.5 Å². The number of ether oxygens (including phenoxy) is 2. The number of hydrogen-bond acceptors (Lipinski definition) is 5. The maximum absolute atomic E-state index is 12.9. The van der Waals surface area contributed by atoms with Crippen LogP contribution in [0.3, 0.4) is 0 Å². The van der Waals surface area contributed by atoms with E-state index in [9.17, 15) is 4.79 Å². The van der Waals surface area contributed by atoms with Gasteiger partial charge in [-0.2, -0.15) is 5.10 Å². The highest BCUT2D eigenvalue weighted by Crippen LogP contribution is 2.35. The molecule has 0 aliphatic carbocycles. The first-order valence-corrected chi connectivity index (χ1v) is 9.82. The van der Waals surface area contributed by atoms with Gasteiger partial charge in [-0.25, -0.2) is 0 Å². The number of nitrogens with one attached hydrogen (secondary N) is 2. The summed E-state index contributed by atoms with van der Waals surface area (Å²) in [6.45, 7) is 4.59. The molecular weight excluding hydrogens is 356 g/mol. The fourth-order valence-corrected chi connectivity index (χ4v) is 3.80. The molecule has 3 rings (SSSR count). The zero-order valence-corrected chi connectivity index (χ0v) is 16.9. The molecule has 1 unspecified atom stereocenters. The van der Waals surface area contributed by atoms with Crippen LogP contribution in [-0.4, -0.2) is 49.1 Å². The topological polar surface area (TPSA) is 77.4 Å². The Kier molecular flexibility index (Phi) is 6.70. The summed E-state index contributed by atoms with van der Waals surface area (Å²) in [4.78, 5) is 12.9. The third kappa shape index (κ3) is 4.54. The molecule has 0 radical (unpaired) electrons. The number of aromatic nitrogens is 2. The number of rotatable bonds is 8. The maximum Gasteiger partial charge on any atom is 0.241 e. The summed E-state index contributed by atoms with van der Waals surface area (Å²) < 4.78 is 12.9. The number of carbonyl (C=O) groups excluding carboxylic acids is 1. The highest BCUT2D eigenvalue weighted by molar-refractivity contribution is 5.83. The van der Waals surface area contributed by atoms with Crippen LogP contribution in [-0.2, 0) is 22.0 Å². The van der Waals surface area contributed by atoms with Gasteiger partial charge in [0.1, 0.15) is 11.8 Å².